The fourth-order valence-corrected chi connectivity index (χ4v) is 3.54. The Bertz CT molecular complexity index is 692. The zero-order valence-electron chi connectivity index (χ0n) is 14.3. The number of hydrogen-bond acceptors (Lipinski definition) is 4. The molecule has 0 saturated carbocycles. The van der Waals surface area contributed by atoms with Crippen molar-refractivity contribution >= 4 is 21.7 Å². The Hall–Kier alpha value is -1.67. The zero-order valence-corrected chi connectivity index (χ0v) is 15.1. The number of nitrogens with one attached hydrogen (secondary N) is 2. The highest BCUT2D eigenvalue weighted by atomic mass is 32.2. The second-order valence-corrected chi connectivity index (χ2v) is 7.53. The summed E-state index contributed by atoms with van der Waals surface area (Å²) in [6.45, 7) is 7.85. The van der Waals surface area contributed by atoms with Crippen molar-refractivity contribution in [2.45, 2.75) is 34.1 Å². The summed E-state index contributed by atoms with van der Waals surface area (Å²) >= 11 is 0. The van der Waals surface area contributed by atoms with E-state index in [1.54, 1.807) is 20.8 Å². The molecule has 7 nitrogen and oxygen atoms in total. The van der Waals surface area contributed by atoms with Crippen molar-refractivity contribution in [1.82, 2.24) is 14.6 Å². The smallest absolute Gasteiger partial charge is 0.268 e. The van der Waals surface area contributed by atoms with E-state index in [-0.39, 0.29) is 11.7 Å². The Kier molecular flexibility index (Phi) is 6.52. The lowest BCUT2D eigenvalue weighted by Gasteiger charge is -2.17. The monoisotopic (exact) mass is 343 g/mol. The maximum Gasteiger partial charge on any atom is 0.268 e. The summed E-state index contributed by atoms with van der Waals surface area (Å²) in [5, 5.41) is 2.75. The third-order valence-electron chi connectivity index (χ3n) is 3.71. The Morgan fingerprint density at radius 2 is 1.87 bits per heavy atom. The van der Waals surface area contributed by atoms with E-state index in [0.29, 0.717) is 48.6 Å². The lowest BCUT2D eigenvalue weighted by Crippen LogP contribution is -2.33. The van der Waals surface area contributed by atoms with E-state index in [9.17, 15) is 18.0 Å². The molecule has 130 valence electrons. The van der Waals surface area contributed by atoms with Gasteiger partial charge < -0.3 is 10.3 Å². The van der Waals surface area contributed by atoms with Gasteiger partial charge in [-0.2, -0.15) is 0 Å². The van der Waals surface area contributed by atoms with Crippen LogP contribution in [0.1, 0.15) is 52.4 Å². The number of carbonyl (C=O) groups is 2. The highest BCUT2D eigenvalue weighted by molar-refractivity contribution is 7.88. The number of Topliss-reactive ketones (excluding diaryl/α,β-unsaturated/α-hetero) is 1. The van der Waals surface area contributed by atoms with E-state index in [4.69, 9.17) is 0 Å². The molecule has 0 spiro atoms. The van der Waals surface area contributed by atoms with Gasteiger partial charge in [0.15, 0.2) is 5.78 Å². The van der Waals surface area contributed by atoms with Crippen LogP contribution in [-0.4, -0.2) is 55.3 Å². The fraction of sp³-hybridized carbons (Fsp3) is 0.600. The minimum Gasteiger partial charge on any atom is -0.354 e. The van der Waals surface area contributed by atoms with Gasteiger partial charge in [0.2, 0.25) is 10.0 Å². The SMILES string of the molecule is CCN(CCCNC(=O)c1[nH]c(C)c(C(C)=O)c1C)S(C)(=O)=O. The van der Waals surface area contributed by atoms with Gasteiger partial charge in [-0.1, -0.05) is 6.92 Å². The van der Waals surface area contributed by atoms with E-state index in [2.05, 4.69) is 10.3 Å². The summed E-state index contributed by atoms with van der Waals surface area (Å²) < 4.78 is 24.3. The molecule has 0 aliphatic heterocycles. The molecule has 0 atom stereocenters. The third-order valence-corrected chi connectivity index (χ3v) is 5.09. The molecule has 1 rings (SSSR count). The molecular weight excluding hydrogens is 318 g/mol. The lowest BCUT2D eigenvalue weighted by molar-refractivity contribution is 0.0947. The number of aromatic amines is 1. The quantitative estimate of drug-likeness (QED) is 0.548. The molecule has 1 heterocycles. The number of amides is 1. The molecule has 1 amide bonds. The predicted octanol–water partition coefficient (Wildman–Crippen LogP) is 1.24. The van der Waals surface area contributed by atoms with Crippen LogP contribution in [0.4, 0.5) is 0 Å². The number of rotatable bonds is 8. The van der Waals surface area contributed by atoms with Gasteiger partial charge in [0.25, 0.3) is 5.91 Å². The Morgan fingerprint density at radius 3 is 2.30 bits per heavy atom. The van der Waals surface area contributed by atoms with E-state index in [0.717, 1.165) is 0 Å². The molecule has 1 aromatic rings. The molecule has 1 aromatic heterocycles. The molecular formula is C15H25N3O4S. The number of aromatic nitrogens is 1. The van der Waals surface area contributed by atoms with E-state index in [1.807, 2.05) is 0 Å². The van der Waals surface area contributed by atoms with Gasteiger partial charge in [-0.3, -0.25) is 9.59 Å². The van der Waals surface area contributed by atoms with Crippen molar-refractivity contribution in [3.8, 4) is 0 Å². The van der Waals surface area contributed by atoms with Crippen LogP contribution in [0.25, 0.3) is 0 Å². The van der Waals surface area contributed by atoms with Crippen molar-refractivity contribution in [3.63, 3.8) is 0 Å². The Morgan fingerprint density at radius 1 is 1.26 bits per heavy atom. The summed E-state index contributed by atoms with van der Waals surface area (Å²) in [5.41, 5.74) is 2.24. The standard InChI is InChI=1S/C15H25N3O4S/c1-6-18(23(5,21)22)9-7-8-16-15(20)14-10(2)13(12(4)19)11(3)17-14/h17H,6-9H2,1-5H3,(H,16,20). The molecule has 2 N–H and O–H groups in total. The third kappa shape index (κ3) is 4.90. The minimum absolute atomic E-state index is 0.0814. The molecule has 0 aromatic carbocycles. The van der Waals surface area contributed by atoms with Crippen LogP contribution < -0.4 is 5.32 Å². The second-order valence-electron chi connectivity index (χ2n) is 5.55. The van der Waals surface area contributed by atoms with Crippen LogP contribution in [0.15, 0.2) is 0 Å². The van der Waals surface area contributed by atoms with Gasteiger partial charge in [-0.25, -0.2) is 12.7 Å². The summed E-state index contributed by atoms with van der Waals surface area (Å²) in [7, 11) is -3.21. The summed E-state index contributed by atoms with van der Waals surface area (Å²) in [6.07, 6.45) is 1.69. The van der Waals surface area contributed by atoms with Gasteiger partial charge in [0.1, 0.15) is 5.69 Å². The first kappa shape index (κ1) is 19.4. The molecule has 0 aliphatic rings. The topological polar surface area (TPSA) is 99.3 Å². The highest BCUT2D eigenvalue weighted by Crippen LogP contribution is 2.18. The van der Waals surface area contributed by atoms with Crippen LogP contribution in [0.2, 0.25) is 0 Å². The maximum absolute atomic E-state index is 12.2. The Balaban J connectivity index is 2.62. The largest absolute Gasteiger partial charge is 0.354 e. The average molecular weight is 343 g/mol. The van der Waals surface area contributed by atoms with Crippen molar-refractivity contribution in [1.29, 1.82) is 0 Å². The number of hydrogen-bond donors (Lipinski definition) is 2. The molecule has 0 bridgehead atoms. The highest BCUT2D eigenvalue weighted by Gasteiger charge is 2.19. The summed E-state index contributed by atoms with van der Waals surface area (Å²) in [5.74, 6) is -0.373. The van der Waals surface area contributed by atoms with Gasteiger partial charge in [-0.15, -0.1) is 0 Å². The molecule has 8 heteroatoms. The summed E-state index contributed by atoms with van der Waals surface area (Å²) in [6, 6.07) is 0. The van der Waals surface area contributed by atoms with Crippen molar-refractivity contribution in [3.05, 3.63) is 22.5 Å². The molecule has 0 fully saturated rings. The molecule has 23 heavy (non-hydrogen) atoms. The van der Waals surface area contributed by atoms with Gasteiger partial charge in [0, 0.05) is 30.9 Å². The predicted molar refractivity (Wildman–Crippen MR) is 89.3 cm³/mol. The number of aryl methyl sites for hydroxylation is 1. The normalized spacial score (nSPS) is 11.7. The minimum atomic E-state index is -3.21. The van der Waals surface area contributed by atoms with E-state index >= 15 is 0 Å². The van der Waals surface area contributed by atoms with Crippen LogP contribution in [0.5, 0.6) is 0 Å². The van der Waals surface area contributed by atoms with Crippen molar-refractivity contribution < 1.29 is 18.0 Å². The second kappa shape index (κ2) is 7.74. The van der Waals surface area contributed by atoms with Gasteiger partial charge >= 0.3 is 0 Å². The first-order valence-corrected chi connectivity index (χ1v) is 9.37. The average Bonchev–Trinajstić information content (AvgIpc) is 2.72. The first-order chi connectivity index (χ1) is 10.6. The number of carbonyl (C=O) groups excluding carboxylic acids is 2. The number of H-pyrrole nitrogens is 1. The summed E-state index contributed by atoms with van der Waals surface area (Å²) in [4.78, 5) is 26.7. The van der Waals surface area contributed by atoms with Crippen LogP contribution in [0, 0.1) is 13.8 Å². The zero-order chi connectivity index (χ0) is 17.8. The molecule has 0 aliphatic carbocycles. The fourth-order valence-electron chi connectivity index (χ4n) is 2.61. The molecule has 0 saturated heterocycles. The van der Waals surface area contributed by atoms with Crippen LogP contribution in [0.3, 0.4) is 0 Å². The number of ketones is 1. The van der Waals surface area contributed by atoms with Crippen LogP contribution >= 0.6 is 0 Å². The lowest BCUT2D eigenvalue weighted by atomic mass is 10.1. The van der Waals surface area contributed by atoms with Crippen molar-refractivity contribution in [2.75, 3.05) is 25.9 Å². The number of sulfonamides is 1. The van der Waals surface area contributed by atoms with E-state index in [1.165, 1.54) is 17.5 Å². The number of nitrogens with zero attached hydrogens (tertiary/aromatic N) is 1. The Labute approximate surface area is 137 Å². The maximum atomic E-state index is 12.2. The molecule has 0 radical (unpaired) electrons. The van der Waals surface area contributed by atoms with Crippen LogP contribution in [-0.2, 0) is 10.0 Å². The molecule has 0 unspecified atom stereocenters. The van der Waals surface area contributed by atoms with Crippen molar-refractivity contribution in [2.24, 2.45) is 0 Å². The van der Waals surface area contributed by atoms with E-state index < -0.39 is 10.0 Å². The first-order valence-electron chi connectivity index (χ1n) is 7.53. The van der Waals surface area contributed by atoms with Gasteiger partial charge in [-0.05, 0) is 32.8 Å². The van der Waals surface area contributed by atoms with Gasteiger partial charge in [0.05, 0.1) is 6.26 Å².